The fourth-order valence-corrected chi connectivity index (χ4v) is 2.05. The third-order valence-electron chi connectivity index (χ3n) is 2.79. The number of H-pyrrole nitrogens is 1. The van der Waals surface area contributed by atoms with Crippen molar-refractivity contribution in [2.75, 3.05) is 0 Å². The fourth-order valence-electron chi connectivity index (χ4n) is 2.05. The Morgan fingerprint density at radius 2 is 2.00 bits per heavy atom. The van der Waals surface area contributed by atoms with Crippen LogP contribution in [0.5, 0.6) is 0 Å². The van der Waals surface area contributed by atoms with Gasteiger partial charge in [0.2, 0.25) is 0 Å². The van der Waals surface area contributed by atoms with E-state index in [0.717, 1.165) is 27.6 Å². The number of benzene rings is 1. The van der Waals surface area contributed by atoms with Gasteiger partial charge < -0.3 is 4.98 Å². The minimum atomic E-state index is 0.749. The molecular formula is C11H7N5. The molecular weight excluding hydrogens is 202 g/mol. The van der Waals surface area contributed by atoms with Crippen LogP contribution in [0, 0.1) is 0 Å². The number of nitrogens with zero attached hydrogens (tertiary/aromatic N) is 4. The number of aromatic nitrogens is 5. The number of rotatable bonds is 0. The Morgan fingerprint density at radius 3 is 3.00 bits per heavy atom. The predicted octanol–water partition coefficient (Wildman–Crippen LogP) is 1.76. The topological polar surface area (TPSA) is 58.9 Å². The van der Waals surface area contributed by atoms with E-state index < -0.39 is 0 Å². The van der Waals surface area contributed by atoms with Gasteiger partial charge in [0.15, 0.2) is 5.65 Å². The summed E-state index contributed by atoms with van der Waals surface area (Å²) in [6, 6.07) is 8.13. The first-order chi connectivity index (χ1) is 7.93. The molecule has 0 bridgehead atoms. The monoisotopic (exact) mass is 209 g/mol. The van der Waals surface area contributed by atoms with Gasteiger partial charge in [-0.3, -0.25) is 0 Å². The van der Waals surface area contributed by atoms with Crippen molar-refractivity contribution in [1.82, 2.24) is 24.8 Å². The molecule has 4 aromatic rings. The average Bonchev–Trinajstić information content (AvgIpc) is 2.92. The Bertz CT molecular complexity index is 811. The maximum atomic E-state index is 4.31. The predicted molar refractivity (Wildman–Crippen MR) is 60.1 cm³/mol. The summed E-state index contributed by atoms with van der Waals surface area (Å²) in [4.78, 5) is 7.64. The summed E-state index contributed by atoms with van der Waals surface area (Å²) in [5.41, 5.74) is 2.77. The smallest absolute Gasteiger partial charge is 0.177 e. The lowest BCUT2D eigenvalue weighted by Gasteiger charge is -1.92. The summed E-state index contributed by atoms with van der Waals surface area (Å²) >= 11 is 0. The molecule has 0 atom stereocenters. The third kappa shape index (κ3) is 0.826. The molecule has 0 unspecified atom stereocenters. The maximum absolute atomic E-state index is 4.31. The normalized spacial score (nSPS) is 11.8. The molecule has 3 heterocycles. The number of para-hydroxylation sites is 1. The summed E-state index contributed by atoms with van der Waals surface area (Å²) in [7, 11) is 0. The van der Waals surface area contributed by atoms with Crippen LogP contribution in [0.1, 0.15) is 0 Å². The van der Waals surface area contributed by atoms with E-state index in [1.54, 1.807) is 10.7 Å². The molecule has 0 aliphatic carbocycles. The Hall–Kier alpha value is -2.43. The van der Waals surface area contributed by atoms with Gasteiger partial charge in [0, 0.05) is 22.5 Å². The third-order valence-corrected chi connectivity index (χ3v) is 2.79. The van der Waals surface area contributed by atoms with Gasteiger partial charge in [-0.05, 0) is 6.07 Å². The zero-order chi connectivity index (χ0) is 10.5. The molecule has 16 heavy (non-hydrogen) atoms. The van der Waals surface area contributed by atoms with Gasteiger partial charge in [-0.2, -0.15) is 4.52 Å². The van der Waals surface area contributed by atoms with Gasteiger partial charge in [-0.25, -0.2) is 4.98 Å². The van der Waals surface area contributed by atoms with E-state index in [4.69, 9.17) is 0 Å². The molecule has 0 fully saturated rings. The maximum Gasteiger partial charge on any atom is 0.177 e. The molecule has 5 nitrogen and oxygen atoms in total. The first-order valence-corrected chi connectivity index (χ1v) is 4.99. The van der Waals surface area contributed by atoms with E-state index in [1.165, 1.54) is 0 Å². The van der Waals surface area contributed by atoms with Crippen LogP contribution in [0.2, 0.25) is 0 Å². The van der Waals surface area contributed by atoms with E-state index in [0.29, 0.717) is 0 Å². The lowest BCUT2D eigenvalue weighted by atomic mass is 10.2. The second kappa shape index (κ2) is 2.57. The zero-order valence-electron chi connectivity index (χ0n) is 8.25. The fraction of sp³-hybridized carbons (Fsp3) is 0. The van der Waals surface area contributed by atoms with Crippen molar-refractivity contribution in [3.05, 3.63) is 36.7 Å². The molecule has 0 spiro atoms. The number of nitrogens with one attached hydrogen (secondary N) is 1. The highest BCUT2D eigenvalue weighted by molar-refractivity contribution is 6.05. The molecule has 0 saturated heterocycles. The summed E-state index contributed by atoms with van der Waals surface area (Å²) in [6.45, 7) is 0. The minimum Gasteiger partial charge on any atom is -0.339 e. The minimum absolute atomic E-state index is 0.749. The van der Waals surface area contributed by atoms with Gasteiger partial charge >= 0.3 is 0 Å². The van der Waals surface area contributed by atoms with Crippen molar-refractivity contribution in [2.24, 2.45) is 0 Å². The SMILES string of the molecule is c1ccc2c(c1)[nH]c1c2cnc2cnnn21. The molecule has 5 heteroatoms. The molecule has 1 N–H and O–H groups in total. The van der Waals surface area contributed by atoms with Gasteiger partial charge in [-0.1, -0.05) is 23.4 Å². The van der Waals surface area contributed by atoms with Crippen LogP contribution in [0.4, 0.5) is 0 Å². The molecule has 0 aliphatic rings. The van der Waals surface area contributed by atoms with Crippen LogP contribution < -0.4 is 0 Å². The van der Waals surface area contributed by atoms with Crippen LogP contribution >= 0.6 is 0 Å². The Balaban J connectivity index is 2.38. The van der Waals surface area contributed by atoms with Gasteiger partial charge in [0.25, 0.3) is 0 Å². The largest absolute Gasteiger partial charge is 0.339 e. The molecule has 1 aromatic carbocycles. The number of hydrogen-bond donors (Lipinski definition) is 1. The van der Waals surface area contributed by atoms with E-state index in [2.05, 4.69) is 26.3 Å². The van der Waals surface area contributed by atoms with Crippen molar-refractivity contribution in [2.45, 2.75) is 0 Å². The highest BCUT2D eigenvalue weighted by atomic mass is 15.4. The van der Waals surface area contributed by atoms with Crippen LogP contribution in [0.25, 0.3) is 27.6 Å². The van der Waals surface area contributed by atoms with E-state index in [-0.39, 0.29) is 0 Å². The molecule has 0 radical (unpaired) electrons. The van der Waals surface area contributed by atoms with Crippen LogP contribution in [-0.2, 0) is 0 Å². The molecule has 0 aliphatic heterocycles. The van der Waals surface area contributed by atoms with E-state index >= 15 is 0 Å². The van der Waals surface area contributed by atoms with Crippen molar-refractivity contribution in [3.8, 4) is 0 Å². The van der Waals surface area contributed by atoms with Crippen molar-refractivity contribution in [3.63, 3.8) is 0 Å². The second-order valence-corrected chi connectivity index (χ2v) is 3.70. The Morgan fingerprint density at radius 1 is 1.06 bits per heavy atom. The summed E-state index contributed by atoms with van der Waals surface area (Å²) in [5.74, 6) is 0. The summed E-state index contributed by atoms with van der Waals surface area (Å²) in [6.07, 6.45) is 3.50. The van der Waals surface area contributed by atoms with Crippen LogP contribution in [0.3, 0.4) is 0 Å². The van der Waals surface area contributed by atoms with Crippen molar-refractivity contribution < 1.29 is 0 Å². The first kappa shape index (κ1) is 7.81. The van der Waals surface area contributed by atoms with Crippen LogP contribution in [-0.4, -0.2) is 24.8 Å². The standard InChI is InChI=1S/C11H7N5/c1-2-4-9-7(3-1)8-5-12-10-6-13-15-16(10)11(8)14-9/h1-6,14H. The number of aromatic amines is 1. The quantitative estimate of drug-likeness (QED) is 0.480. The summed E-state index contributed by atoms with van der Waals surface area (Å²) in [5, 5.41) is 10.1. The molecule has 4 rings (SSSR count). The zero-order valence-corrected chi connectivity index (χ0v) is 8.25. The van der Waals surface area contributed by atoms with Gasteiger partial charge in [0.1, 0.15) is 5.65 Å². The molecule has 76 valence electrons. The molecule has 0 saturated carbocycles. The Labute approximate surface area is 89.7 Å². The highest BCUT2D eigenvalue weighted by Gasteiger charge is 2.08. The number of fused-ring (bicyclic) bond motifs is 5. The molecule has 3 aromatic heterocycles. The highest BCUT2D eigenvalue weighted by Crippen LogP contribution is 2.24. The van der Waals surface area contributed by atoms with Gasteiger partial charge in [-0.15, -0.1) is 5.10 Å². The Kier molecular flexibility index (Phi) is 1.26. The first-order valence-electron chi connectivity index (χ1n) is 4.99. The number of hydrogen-bond acceptors (Lipinski definition) is 3. The van der Waals surface area contributed by atoms with Gasteiger partial charge in [0.05, 0.1) is 6.20 Å². The van der Waals surface area contributed by atoms with Crippen LogP contribution in [0.15, 0.2) is 36.7 Å². The lowest BCUT2D eigenvalue weighted by Crippen LogP contribution is -1.91. The summed E-state index contributed by atoms with van der Waals surface area (Å²) < 4.78 is 1.72. The average molecular weight is 209 g/mol. The second-order valence-electron chi connectivity index (χ2n) is 3.70. The van der Waals surface area contributed by atoms with E-state index in [1.807, 2.05) is 24.4 Å². The lowest BCUT2D eigenvalue weighted by molar-refractivity contribution is 0.868. The van der Waals surface area contributed by atoms with Crippen molar-refractivity contribution >= 4 is 27.6 Å². The van der Waals surface area contributed by atoms with Crippen molar-refractivity contribution in [1.29, 1.82) is 0 Å². The van der Waals surface area contributed by atoms with E-state index in [9.17, 15) is 0 Å². The molecule has 0 amide bonds.